The highest BCUT2D eigenvalue weighted by Gasteiger charge is 2.26. The summed E-state index contributed by atoms with van der Waals surface area (Å²) in [7, 11) is 0. The lowest BCUT2D eigenvalue weighted by atomic mass is 9.97. The van der Waals surface area contributed by atoms with Crippen LogP contribution in [0.25, 0.3) is 0 Å². The summed E-state index contributed by atoms with van der Waals surface area (Å²) in [6.45, 7) is 4.50. The minimum absolute atomic E-state index is 0.0830. The van der Waals surface area contributed by atoms with E-state index in [0.717, 1.165) is 54.1 Å². The summed E-state index contributed by atoms with van der Waals surface area (Å²) in [5, 5.41) is 0. The molecular weight excluding hydrogens is 406 g/mol. The van der Waals surface area contributed by atoms with E-state index in [0.29, 0.717) is 6.54 Å². The number of rotatable bonds is 6. The molecule has 0 spiro atoms. The maximum Gasteiger partial charge on any atom is 0.259 e. The summed E-state index contributed by atoms with van der Waals surface area (Å²) in [6, 6.07) is 30.9. The summed E-state index contributed by atoms with van der Waals surface area (Å²) in [6.07, 6.45) is 1.81. The lowest BCUT2D eigenvalue weighted by Crippen LogP contribution is -2.40. The summed E-state index contributed by atoms with van der Waals surface area (Å²) in [4.78, 5) is 21.3. The van der Waals surface area contributed by atoms with Gasteiger partial charge in [-0.15, -0.1) is 0 Å². The monoisotopic (exact) mass is 435 g/mol. The smallest absolute Gasteiger partial charge is 0.259 e. The van der Waals surface area contributed by atoms with Gasteiger partial charge in [0.2, 0.25) is 0 Å². The molecule has 0 bridgehead atoms. The number of nitrogens with zero attached hydrogens (tertiary/aromatic N) is 3. The summed E-state index contributed by atoms with van der Waals surface area (Å²) < 4.78 is 1.89. The van der Waals surface area contributed by atoms with E-state index in [-0.39, 0.29) is 11.6 Å². The van der Waals surface area contributed by atoms with Gasteiger partial charge in [-0.2, -0.15) is 0 Å². The largest absolute Gasteiger partial charge is 0.298 e. The van der Waals surface area contributed by atoms with Crippen LogP contribution in [0.15, 0.2) is 95.8 Å². The van der Waals surface area contributed by atoms with Gasteiger partial charge in [-0.25, -0.2) is 4.98 Å². The first-order valence-corrected chi connectivity index (χ1v) is 11.7. The van der Waals surface area contributed by atoms with Crippen molar-refractivity contribution in [2.24, 2.45) is 0 Å². The average Bonchev–Trinajstić information content (AvgIpc) is 2.87. The van der Waals surface area contributed by atoms with E-state index < -0.39 is 0 Å². The fraction of sp³-hybridized carbons (Fsp3) is 0.241. The molecule has 3 aromatic carbocycles. The Morgan fingerprint density at radius 3 is 2.03 bits per heavy atom. The first-order chi connectivity index (χ1) is 16.2. The number of aromatic nitrogens is 2. The second-order valence-corrected chi connectivity index (χ2v) is 8.75. The molecule has 33 heavy (non-hydrogen) atoms. The van der Waals surface area contributed by atoms with Crippen molar-refractivity contribution in [2.45, 2.75) is 32.4 Å². The van der Waals surface area contributed by atoms with Gasteiger partial charge in [0.15, 0.2) is 0 Å². The van der Waals surface area contributed by atoms with Crippen LogP contribution in [0.4, 0.5) is 0 Å². The lowest BCUT2D eigenvalue weighted by molar-refractivity contribution is 0.251. The SMILES string of the molecule is Cc1nc2c(c(=O)n1C(c1ccccc1)c1ccccc1)CN(CCc1ccccc1)CC2. The Morgan fingerprint density at radius 1 is 0.848 bits per heavy atom. The number of hydrogen-bond donors (Lipinski definition) is 0. The van der Waals surface area contributed by atoms with E-state index in [9.17, 15) is 4.79 Å². The molecule has 0 amide bonds. The molecule has 0 atom stereocenters. The molecule has 1 aliphatic rings. The normalized spacial score (nSPS) is 13.8. The maximum atomic E-state index is 13.9. The third kappa shape index (κ3) is 4.53. The Morgan fingerprint density at radius 2 is 1.42 bits per heavy atom. The second-order valence-electron chi connectivity index (χ2n) is 8.75. The van der Waals surface area contributed by atoms with Gasteiger partial charge in [0.25, 0.3) is 5.56 Å². The minimum Gasteiger partial charge on any atom is -0.298 e. The molecule has 0 radical (unpaired) electrons. The third-order valence-electron chi connectivity index (χ3n) is 6.57. The Kier molecular flexibility index (Phi) is 6.18. The van der Waals surface area contributed by atoms with Crippen LogP contribution < -0.4 is 5.56 Å². The van der Waals surface area contributed by atoms with Crippen molar-refractivity contribution >= 4 is 0 Å². The number of hydrogen-bond acceptors (Lipinski definition) is 3. The zero-order valence-electron chi connectivity index (χ0n) is 19.0. The first-order valence-electron chi connectivity index (χ1n) is 11.7. The van der Waals surface area contributed by atoms with E-state index in [1.165, 1.54) is 5.56 Å². The molecule has 4 nitrogen and oxygen atoms in total. The predicted octanol–water partition coefficient (Wildman–Crippen LogP) is 4.79. The maximum absolute atomic E-state index is 13.9. The van der Waals surface area contributed by atoms with E-state index in [1.807, 2.05) is 54.0 Å². The van der Waals surface area contributed by atoms with Crippen LogP contribution in [-0.4, -0.2) is 27.5 Å². The molecule has 0 unspecified atom stereocenters. The lowest BCUT2D eigenvalue weighted by Gasteiger charge is -2.30. The van der Waals surface area contributed by atoms with Crippen molar-refractivity contribution in [1.82, 2.24) is 14.5 Å². The number of aryl methyl sites for hydroxylation is 1. The molecule has 4 aromatic rings. The van der Waals surface area contributed by atoms with Gasteiger partial charge in [-0.1, -0.05) is 91.0 Å². The number of benzene rings is 3. The zero-order valence-corrected chi connectivity index (χ0v) is 19.0. The van der Waals surface area contributed by atoms with Crippen LogP contribution in [-0.2, 0) is 19.4 Å². The van der Waals surface area contributed by atoms with Crippen LogP contribution >= 0.6 is 0 Å². The van der Waals surface area contributed by atoms with Crippen molar-refractivity contribution < 1.29 is 0 Å². The average molecular weight is 436 g/mol. The Bertz CT molecular complexity index is 1230. The summed E-state index contributed by atoms with van der Waals surface area (Å²) in [5.74, 6) is 0.772. The van der Waals surface area contributed by atoms with Crippen molar-refractivity contribution in [3.8, 4) is 0 Å². The van der Waals surface area contributed by atoms with Crippen molar-refractivity contribution in [1.29, 1.82) is 0 Å². The van der Waals surface area contributed by atoms with Gasteiger partial charge < -0.3 is 0 Å². The Balaban J connectivity index is 1.51. The first kappa shape index (κ1) is 21.4. The van der Waals surface area contributed by atoms with E-state index in [1.54, 1.807) is 0 Å². The fourth-order valence-corrected chi connectivity index (χ4v) is 4.85. The van der Waals surface area contributed by atoms with Crippen LogP contribution in [0.3, 0.4) is 0 Å². The van der Waals surface area contributed by atoms with Gasteiger partial charge in [0.05, 0.1) is 17.3 Å². The van der Waals surface area contributed by atoms with Crippen LogP contribution in [0.2, 0.25) is 0 Å². The number of fused-ring (bicyclic) bond motifs is 1. The fourth-order valence-electron chi connectivity index (χ4n) is 4.85. The highest BCUT2D eigenvalue weighted by atomic mass is 16.1. The summed E-state index contributed by atoms with van der Waals surface area (Å²) >= 11 is 0. The highest BCUT2D eigenvalue weighted by molar-refractivity contribution is 5.35. The molecule has 1 aliphatic heterocycles. The zero-order chi connectivity index (χ0) is 22.6. The van der Waals surface area contributed by atoms with E-state index >= 15 is 0 Å². The van der Waals surface area contributed by atoms with Crippen molar-refractivity contribution in [2.75, 3.05) is 13.1 Å². The predicted molar refractivity (Wildman–Crippen MR) is 132 cm³/mol. The van der Waals surface area contributed by atoms with Crippen molar-refractivity contribution in [3.63, 3.8) is 0 Å². The molecule has 0 N–H and O–H groups in total. The molecule has 0 saturated carbocycles. The van der Waals surface area contributed by atoms with E-state index in [2.05, 4.69) is 53.4 Å². The standard InChI is InChI=1S/C29H29N3O/c1-22-30-27-18-20-31(19-17-23-11-5-2-6-12-23)21-26(27)29(33)32(22)28(24-13-7-3-8-14-24)25-15-9-4-10-16-25/h2-16,28H,17-21H2,1H3. The highest BCUT2D eigenvalue weighted by Crippen LogP contribution is 2.27. The van der Waals surface area contributed by atoms with Gasteiger partial charge in [0.1, 0.15) is 5.82 Å². The van der Waals surface area contributed by atoms with Gasteiger partial charge >= 0.3 is 0 Å². The quantitative estimate of drug-likeness (QED) is 0.437. The Labute approximate surface area is 195 Å². The van der Waals surface area contributed by atoms with Crippen LogP contribution in [0.1, 0.15) is 39.8 Å². The van der Waals surface area contributed by atoms with Gasteiger partial charge in [-0.3, -0.25) is 14.3 Å². The molecular formula is C29H29N3O. The minimum atomic E-state index is -0.197. The van der Waals surface area contributed by atoms with Crippen LogP contribution in [0, 0.1) is 6.92 Å². The molecule has 2 heterocycles. The molecule has 0 fully saturated rings. The van der Waals surface area contributed by atoms with Gasteiger partial charge in [0, 0.05) is 26.1 Å². The molecule has 0 saturated heterocycles. The van der Waals surface area contributed by atoms with Crippen molar-refractivity contribution in [3.05, 3.63) is 135 Å². The molecule has 166 valence electrons. The molecule has 5 rings (SSSR count). The molecule has 1 aromatic heterocycles. The molecule has 0 aliphatic carbocycles. The van der Waals surface area contributed by atoms with Gasteiger partial charge in [-0.05, 0) is 30.0 Å². The molecule has 4 heteroatoms. The van der Waals surface area contributed by atoms with E-state index in [4.69, 9.17) is 4.98 Å². The topological polar surface area (TPSA) is 38.1 Å². The Hall–Kier alpha value is -3.50. The summed E-state index contributed by atoms with van der Waals surface area (Å²) in [5.41, 5.74) is 5.40. The third-order valence-corrected chi connectivity index (χ3v) is 6.57. The second kappa shape index (κ2) is 9.55. The van der Waals surface area contributed by atoms with Crippen LogP contribution in [0.5, 0.6) is 0 Å².